The topological polar surface area (TPSA) is 115 Å². The van der Waals surface area contributed by atoms with Crippen molar-refractivity contribution >= 4 is 21.1 Å². The number of hydrogen-bond donors (Lipinski definition) is 3. The van der Waals surface area contributed by atoms with Crippen LogP contribution in [0.25, 0.3) is 22.2 Å². The van der Waals surface area contributed by atoms with Crippen LogP contribution in [0.5, 0.6) is 0 Å². The van der Waals surface area contributed by atoms with Gasteiger partial charge in [0.25, 0.3) is 0 Å². The fraction of sp³-hybridized carbons (Fsp3) is 0.350. The first-order valence-corrected chi connectivity index (χ1v) is 10.7. The van der Waals surface area contributed by atoms with Gasteiger partial charge in [0.15, 0.2) is 0 Å². The Labute approximate surface area is 160 Å². The average molecular weight is 387 g/mol. The smallest absolute Gasteiger partial charge is 0.238 e. The third kappa shape index (κ3) is 4.94. The maximum absolute atomic E-state index is 11.3. The molecule has 0 unspecified atom stereocenters. The maximum Gasteiger partial charge on any atom is 0.238 e. The molecule has 2 aromatic heterocycles. The van der Waals surface area contributed by atoms with Crippen LogP contribution in [0.1, 0.15) is 37.8 Å². The summed E-state index contributed by atoms with van der Waals surface area (Å²) >= 11 is 0. The largest absolute Gasteiger partial charge is 0.344 e. The van der Waals surface area contributed by atoms with Crippen molar-refractivity contribution in [3.05, 3.63) is 48.3 Å². The third-order valence-corrected chi connectivity index (χ3v) is 5.74. The highest BCUT2D eigenvalue weighted by Gasteiger charge is 2.10. The van der Waals surface area contributed by atoms with Gasteiger partial charge in [-0.1, -0.05) is 31.4 Å². The number of H-pyrrole nitrogens is 1. The van der Waals surface area contributed by atoms with Crippen LogP contribution in [-0.2, 0) is 10.0 Å². The first-order valence-electron chi connectivity index (χ1n) is 9.18. The van der Waals surface area contributed by atoms with Gasteiger partial charge in [0.05, 0.1) is 4.90 Å². The van der Waals surface area contributed by atoms with E-state index in [1.54, 1.807) is 18.3 Å². The van der Waals surface area contributed by atoms with Crippen LogP contribution in [0, 0.1) is 6.92 Å². The van der Waals surface area contributed by atoms with E-state index >= 15 is 0 Å². The first-order chi connectivity index (χ1) is 12.8. The number of fused-ring (bicyclic) bond motifs is 1. The molecule has 1 aromatic carbocycles. The Morgan fingerprint density at radius 3 is 2.30 bits per heavy atom. The number of aromatic amines is 1. The number of rotatable bonds is 2. The van der Waals surface area contributed by atoms with Crippen molar-refractivity contribution < 1.29 is 8.42 Å². The molecule has 1 aliphatic carbocycles. The molecule has 0 bridgehead atoms. The van der Waals surface area contributed by atoms with Gasteiger partial charge in [0.2, 0.25) is 10.0 Å². The number of benzene rings is 1. The highest BCUT2D eigenvalue weighted by molar-refractivity contribution is 7.89. The first kappa shape index (κ1) is 19.5. The quantitative estimate of drug-likeness (QED) is 0.625. The third-order valence-electron chi connectivity index (χ3n) is 4.81. The molecule has 0 saturated heterocycles. The summed E-state index contributed by atoms with van der Waals surface area (Å²) in [4.78, 5) is 7.56. The molecule has 27 heavy (non-hydrogen) atoms. The maximum atomic E-state index is 11.3. The molecule has 144 valence electrons. The normalized spacial score (nSPS) is 15.4. The van der Waals surface area contributed by atoms with Gasteiger partial charge in [0.1, 0.15) is 5.65 Å². The predicted octanol–water partition coefficient (Wildman–Crippen LogP) is 3.46. The minimum absolute atomic E-state index is 0.108. The number of aromatic nitrogens is 2. The number of sulfonamides is 1. The van der Waals surface area contributed by atoms with Crippen LogP contribution in [0.2, 0.25) is 0 Å². The van der Waals surface area contributed by atoms with E-state index in [2.05, 4.69) is 9.97 Å². The zero-order chi connectivity index (χ0) is 19.4. The second-order valence-electron chi connectivity index (χ2n) is 7.04. The Balaban J connectivity index is 0.000000253. The van der Waals surface area contributed by atoms with E-state index in [-0.39, 0.29) is 4.90 Å². The molecule has 1 saturated carbocycles. The van der Waals surface area contributed by atoms with Crippen LogP contribution in [0.3, 0.4) is 0 Å². The SMILES string of the molecule is Cc1cc2c(-c3ccc(S(N)(=O)=O)cc3)ccnc2[nH]1.NC1CCCCC1. The van der Waals surface area contributed by atoms with Crippen molar-refractivity contribution in [2.24, 2.45) is 10.9 Å². The predicted molar refractivity (Wildman–Crippen MR) is 109 cm³/mol. The van der Waals surface area contributed by atoms with Crippen molar-refractivity contribution in [1.29, 1.82) is 0 Å². The lowest BCUT2D eigenvalue weighted by molar-refractivity contribution is 0.441. The highest BCUT2D eigenvalue weighted by atomic mass is 32.2. The number of aryl methyl sites for hydroxylation is 1. The van der Waals surface area contributed by atoms with Crippen molar-refractivity contribution in [2.75, 3.05) is 0 Å². The lowest BCUT2D eigenvalue weighted by Crippen LogP contribution is -2.22. The minimum atomic E-state index is -3.66. The molecule has 3 aromatic rings. The summed E-state index contributed by atoms with van der Waals surface area (Å²) < 4.78 is 22.5. The summed E-state index contributed by atoms with van der Waals surface area (Å²) in [6, 6.07) is 11.0. The lowest BCUT2D eigenvalue weighted by Gasteiger charge is -2.15. The summed E-state index contributed by atoms with van der Waals surface area (Å²) in [5, 5.41) is 6.10. The zero-order valence-corrected chi connectivity index (χ0v) is 16.3. The molecule has 1 aliphatic rings. The molecule has 2 heterocycles. The number of nitrogens with zero attached hydrogens (tertiary/aromatic N) is 1. The number of hydrogen-bond acceptors (Lipinski definition) is 4. The molecule has 0 aliphatic heterocycles. The van der Waals surface area contributed by atoms with Crippen LogP contribution in [0.15, 0.2) is 47.5 Å². The summed E-state index contributed by atoms with van der Waals surface area (Å²) in [6.07, 6.45) is 8.39. The molecular weight excluding hydrogens is 360 g/mol. The van der Waals surface area contributed by atoms with Crippen LogP contribution < -0.4 is 10.9 Å². The Hall–Kier alpha value is -2.22. The molecule has 0 atom stereocenters. The zero-order valence-electron chi connectivity index (χ0n) is 15.5. The number of nitrogens with two attached hydrogens (primary N) is 2. The van der Waals surface area contributed by atoms with Gasteiger partial charge in [0, 0.05) is 23.3 Å². The summed E-state index contributed by atoms with van der Waals surface area (Å²) in [6.45, 7) is 1.97. The van der Waals surface area contributed by atoms with Crippen LogP contribution >= 0.6 is 0 Å². The molecule has 0 amide bonds. The summed E-state index contributed by atoms with van der Waals surface area (Å²) in [5.74, 6) is 0. The van der Waals surface area contributed by atoms with Crippen LogP contribution in [0.4, 0.5) is 0 Å². The van der Waals surface area contributed by atoms with Crippen molar-refractivity contribution in [3.8, 4) is 11.1 Å². The number of pyridine rings is 1. The van der Waals surface area contributed by atoms with E-state index in [1.165, 1.54) is 44.2 Å². The van der Waals surface area contributed by atoms with E-state index < -0.39 is 10.0 Å². The molecule has 6 nitrogen and oxygen atoms in total. The summed E-state index contributed by atoms with van der Waals surface area (Å²) in [7, 11) is -3.66. The van der Waals surface area contributed by atoms with Gasteiger partial charge in [-0.05, 0) is 55.2 Å². The van der Waals surface area contributed by atoms with Gasteiger partial charge in [-0.3, -0.25) is 0 Å². The Bertz CT molecular complexity index is 1000. The highest BCUT2D eigenvalue weighted by Crippen LogP contribution is 2.28. The molecule has 1 fully saturated rings. The summed E-state index contributed by atoms with van der Waals surface area (Å²) in [5.41, 5.74) is 9.40. The van der Waals surface area contributed by atoms with Gasteiger partial charge in [-0.2, -0.15) is 0 Å². The Kier molecular flexibility index (Phi) is 5.94. The minimum Gasteiger partial charge on any atom is -0.344 e. The number of primary sulfonamides is 1. The Morgan fingerprint density at radius 1 is 1.07 bits per heavy atom. The molecule has 0 radical (unpaired) electrons. The molecule has 7 heteroatoms. The average Bonchev–Trinajstić information content (AvgIpc) is 3.02. The van der Waals surface area contributed by atoms with Gasteiger partial charge < -0.3 is 10.7 Å². The fourth-order valence-corrected chi connectivity index (χ4v) is 3.88. The van der Waals surface area contributed by atoms with Gasteiger partial charge in [-0.25, -0.2) is 18.5 Å². The van der Waals surface area contributed by atoms with E-state index in [1.807, 2.05) is 19.1 Å². The van der Waals surface area contributed by atoms with E-state index in [9.17, 15) is 8.42 Å². The second kappa shape index (κ2) is 8.21. The monoisotopic (exact) mass is 386 g/mol. The molecular formula is C20H26N4O2S. The van der Waals surface area contributed by atoms with E-state index in [0.717, 1.165) is 27.9 Å². The van der Waals surface area contributed by atoms with E-state index in [0.29, 0.717) is 6.04 Å². The van der Waals surface area contributed by atoms with Gasteiger partial charge in [-0.15, -0.1) is 0 Å². The molecule has 5 N–H and O–H groups in total. The van der Waals surface area contributed by atoms with Crippen LogP contribution in [-0.4, -0.2) is 24.4 Å². The van der Waals surface area contributed by atoms with Crippen molar-refractivity contribution in [3.63, 3.8) is 0 Å². The van der Waals surface area contributed by atoms with Crippen molar-refractivity contribution in [2.45, 2.75) is 50.0 Å². The molecule has 4 rings (SSSR count). The lowest BCUT2D eigenvalue weighted by atomic mass is 9.97. The second-order valence-corrected chi connectivity index (χ2v) is 8.60. The molecule has 0 spiro atoms. The number of nitrogens with one attached hydrogen (secondary N) is 1. The standard InChI is InChI=1S/C14H13N3O2S.C6H13N/c1-9-8-13-12(6-7-16-14(13)17-9)10-2-4-11(5-3-10)20(15,18)19;7-6-4-2-1-3-5-6/h2-8H,1H3,(H,16,17)(H2,15,18,19);6H,1-5,7H2. The van der Waals surface area contributed by atoms with Gasteiger partial charge >= 0.3 is 0 Å². The van der Waals surface area contributed by atoms with E-state index in [4.69, 9.17) is 10.9 Å². The van der Waals surface area contributed by atoms with Crippen molar-refractivity contribution in [1.82, 2.24) is 9.97 Å². The fourth-order valence-electron chi connectivity index (χ4n) is 3.37. The Morgan fingerprint density at radius 2 is 1.74 bits per heavy atom.